The van der Waals surface area contributed by atoms with E-state index in [9.17, 15) is 13.6 Å². The van der Waals surface area contributed by atoms with Gasteiger partial charge in [-0.3, -0.25) is 10.1 Å². The molecule has 0 bridgehead atoms. The van der Waals surface area contributed by atoms with Gasteiger partial charge in [-0.25, -0.2) is 8.78 Å². The SMILES string of the molecule is CCCNC(=O)C(C)NC(C)c1cc(F)c(C)cc1F. The van der Waals surface area contributed by atoms with E-state index in [0.717, 1.165) is 6.42 Å². The first-order valence-corrected chi connectivity index (χ1v) is 6.86. The predicted molar refractivity (Wildman–Crippen MR) is 75.4 cm³/mol. The average molecular weight is 284 g/mol. The molecule has 0 aliphatic heterocycles. The number of halogens is 2. The predicted octanol–water partition coefficient (Wildman–Crippen LogP) is 2.84. The third kappa shape index (κ3) is 4.27. The maximum absolute atomic E-state index is 13.8. The molecule has 0 saturated heterocycles. The number of amides is 1. The van der Waals surface area contributed by atoms with Crippen molar-refractivity contribution in [2.24, 2.45) is 0 Å². The molecule has 2 unspecified atom stereocenters. The summed E-state index contributed by atoms with van der Waals surface area (Å²) in [6, 6.07) is 1.43. The Balaban J connectivity index is 2.73. The highest BCUT2D eigenvalue weighted by Crippen LogP contribution is 2.20. The smallest absolute Gasteiger partial charge is 0.236 e. The van der Waals surface area contributed by atoms with Crippen molar-refractivity contribution >= 4 is 5.91 Å². The Morgan fingerprint density at radius 2 is 1.90 bits per heavy atom. The summed E-state index contributed by atoms with van der Waals surface area (Å²) in [5, 5.41) is 5.73. The second kappa shape index (κ2) is 7.33. The van der Waals surface area contributed by atoms with Gasteiger partial charge in [0, 0.05) is 18.2 Å². The average Bonchev–Trinajstić information content (AvgIpc) is 2.39. The molecule has 0 saturated carbocycles. The number of carbonyl (C=O) groups excluding carboxylic acids is 1. The van der Waals surface area contributed by atoms with Crippen molar-refractivity contribution in [1.29, 1.82) is 0 Å². The molecule has 0 heterocycles. The molecule has 1 aromatic rings. The van der Waals surface area contributed by atoms with Crippen molar-refractivity contribution in [1.82, 2.24) is 10.6 Å². The van der Waals surface area contributed by atoms with Gasteiger partial charge in [0.2, 0.25) is 5.91 Å². The fourth-order valence-electron chi connectivity index (χ4n) is 1.94. The minimum atomic E-state index is -0.472. The first-order chi connectivity index (χ1) is 9.36. The molecule has 1 rings (SSSR count). The van der Waals surface area contributed by atoms with Crippen molar-refractivity contribution in [3.63, 3.8) is 0 Å². The first-order valence-electron chi connectivity index (χ1n) is 6.86. The van der Waals surface area contributed by atoms with Crippen molar-refractivity contribution < 1.29 is 13.6 Å². The molecular weight excluding hydrogens is 262 g/mol. The zero-order valence-electron chi connectivity index (χ0n) is 12.4. The summed E-state index contributed by atoms with van der Waals surface area (Å²) in [5.74, 6) is -1.06. The summed E-state index contributed by atoms with van der Waals surface area (Å²) >= 11 is 0. The van der Waals surface area contributed by atoms with Crippen LogP contribution in [0.1, 0.15) is 44.4 Å². The number of aryl methyl sites for hydroxylation is 1. The Morgan fingerprint density at radius 1 is 1.25 bits per heavy atom. The quantitative estimate of drug-likeness (QED) is 0.843. The van der Waals surface area contributed by atoms with Gasteiger partial charge in [0.25, 0.3) is 0 Å². The van der Waals surface area contributed by atoms with Crippen LogP contribution in [0.25, 0.3) is 0 Å². The molecule has 5 heteroatoms. The standard InChI is InChI=1S/C15H22F2N2O/c1-5-6-18-15(20)11(4)19-10(3)12-8-13(16)9(2)7-14(12)17/h7-8,10-11,19H,5-6H2,1-4H3,(H,18,20). The number of carbonyl (C=O) groups is 1. The van der Waals surface area contributed by atoms with E-state index >= 15 is 0 Å². The lowest BCUT2D eigenvalue weighted by molar-refractivity contribution is -0.122. The van der Waals surface area contributed by atoms with Gasteiger partial charge < -0.3 is 5.32 Å². The number of benzene rings is 1. The van der Waals surface area contributed by atoms with E-state index in [4.69, 9.17) is 0 Å². The molecule has 1 aromatic carbocycles. The van der Waals surface area contributed by atoms with E-state index in [-0.39, 0.29) is 17.0 Å². The lowest BCUT2D eigenvalue weighted by atomic mass is 10.0. The van der Waals surface area contributed by atoms with Crippen LogP contribution in [0.5, 0.6) is 0 Å². The van der Waals surface area contributed by atoms with Crippen LogP contribution >= 0.6 is 0 Å². The van der Waals surface area contributed by atoms with Crippen molar-refractivity contribution in [3.05, 3.63) is 34.9 Å². The second-order valence-electron chi connectivity index (χ2n) is 5.02. The highest BCUT2D eigenvalue weighted by molar-refractivity contribution is 5.81. The van der Waals surface area contributed by atoms with E-state index in [1.165, 1.54) is 19.1 Å². The Kier molecular flexibility index (Phi) is 6.07. The molecule has 112 valence electrons. The van der Waals surface area contributed by atoms with Crippen LogP contribution in [0.4, 0.5) is 8.78 Å². The fraction of sp³-hybridized carbons (Fsp3) is 0.533. The highest BCUT2D eigenvalue weighted by atomic mass is 19.1. The number of hydrogen-bond acceptors (Lipinski definition) is 2. The van der Waals surface area contributed by atoms with Crippen LogP contribution < -0.4 is 10.6 Å². The lowest BCUT2D eigenvalue weighted by Gasteiger charge is -2.20. The van der Waals surface area contributed by atoms with Crippen molar-refractivity contribution in [2.45, 2.75) is 46.2 Å². The van der Waals surface area contributed by atoms with Gasteiger partial charge in [-0.2, -0.15) is 0 Å². The van der Waals surface area contributed by atoms with Gasteiger partial charge in [-0.15, -0.1) is 0 Å². The maximum Gasteiger partial charge on any atom is 0.236 e. The first kappa shape index (κ1) is 16.6. The van der Waals surface area contributed by atoms with Gasteiger partial charge >= 0.3 is 0 Å². The number of hydrogen-bond donors (Lipinski definition) is 2. The molecule has 0 spiro atoms. The van der Waals surface area contributed by atoms with Crippen molar-refractivity contribution in [3.8, 4) is 0 Å². The zero-order chi connectivity index (χ0) is 15.3. The summed E-state index contributed by atoms with van der Waals surface area (Å²) < 4.78 is 27.3. The Bertz CT molecular complexity index is 477. The van der Waals surface area contributed by atoms with Crippen molar-refractivity contribution in [2.75, 3.05) is 6.54 Å². The van der Waals surface area contributed by atoms with Gasteiger partial charge in [-0.05, 0) is 44.9 Å². The van der Waals surface area contributed by atoms with Crippen LogP contribution in [-0.2, 0) is 4.79 Å². The van der Waals surface area contributed by atoms with E-state index in [1.54, 1.807) is 13.8 Å². The second-order valence-corrected chi connectivity index (χ2v) is 5.02. The van der Waals surface area contributed by atoms with Gasteiger partial charge in [0.1, 0.15) is 11.6 Å². The molecule has 0 radical (unpaired) electrons. The third-order valence-corrected chi connectivity index (χ3v) is 3.19. The molecule has 2 N–H and O–H groups in total. The maximum atomic E-state index is 13.8. The van der Waals surface area contributed by atoms with Crippen LogP contribution in [0, 0.1) is 18.6 Å². The van der Waals surface area contributed by atoms with Gasteiger partial charge in [0.05, 0.1) is 6.04 Å². The zero-order valence-corrected chi connectivity index (χ0v) is 12.4. The Hall–Kier alpha value is -1.49. The largest absolute Gasteiger partial charge is 0.355 e. The molecule has 2 atom stereocenters. The van der Waals surface area contributed by atoms with E-state index in [1.807, 2.05) is 6.92 Å². The molecule has 0 aliphatic carbocycles. The summed E-state index contributed by atoms with van der Waals surface area (Å²) in [5.41, 5.74) is 0.496. The Labute approximate surface area is 118 Å². The topological polar surface area (TPSA) is 41.1 Å². The van der Waals surface area contributed by atoms with E-state index in [0.29, 0.717) is 6.54 Å². The highest BCUT2D eigenvalue weighted by Gasteiger charge is 2.19. The van der Waals surface area contributed by atoms with Crippen LogP contribution in [-0.4, -0.2) is 18.5 Å². The monoisotopic (exact) mass is 284 g/mol. The molecule has 0 aromatic heterocycles. The lowest BCUT2D eigenvalue weighted by Crippen LogP contribution is -2.43. The van der Waals surface area contributed by atoms with Gasteiger partial charge in [0.15, 0.2) is 0 Å². The fourth-order valence-corrected chi connectivity index (χ4v) is 1.94. The van der Waals surface area contributed by atoms with E-state index in [2.05, 4.69) is 10.6 Å². The van der Waals surface area contributed by atoms with Gasteiger partial charge in [-0.1, -0.05) is 6.92 Å². The normalized spacial score (nSPS) is 13.9. The molecular formula is C15H22F2N2O. The number of rotatable bonds is 6. The molecule has 1 amide bonds. The van der Waals surface area contributed by atoms with Crippen LogP contribution in [0.3, 0.4) is 0 Å². The minimum Gasteiger partial charge on any atom is -0.355 e. The Morgan fingerprint density at radius 3 is 2.50 bits per heavy atom. The molecule has 20 heavy (non-hydrogen) atoms. The van der Waals surface area contributed by atoms with Crippen LogP contribution in [0.15, 0.2) is 12.1 Å². The molecule has 0 fully saturated rings. The minimum absolute atomic E-state index is 0.147. The summed E-state index contributed by atoms with van der Waals surface area (Å²) in [6.45, 7) is 7.49. The van der Waals surface area contributed by atoms with E-state index < -0.39 is 23.7 Å². The molecule has 3 nitrogen and oxygen atoms in total. The third-order valence-electron chi connectivity index (χ3n) is 3.19. The summed E-state index contributed by atoms with van der Waals surface area (Å²) in [7, 11) is 0. The summed E-state index contributed by atoms with van der Waals surface area (Å²) in [6.07, 6.45) is 0.853. The summed E-state index contributed by atoms with van der Waals surface area (Å²) in [4.78, 5) is 11.7. The molecule has 0 aliphatic rings. The van der Waals surface area contributed by atoms with Crippen LogP contribution in [0.2, 0.25) is 0 Å². The number of nitrogens with one attached hydrogen (secondary N) is 2.